The molecule has 0 aromatic carbocycles. The van der Waals surface area contributed by atoms with Crippen molar-refractivity contribution in [2.45, 2.75) is 51.7 Å². The molecule has 0 aliphatic heterocycles. The summed E-state index contributed by atoms with van der Waals surface area (Å²) in [4.78, 5) is 0. The van der Waals surface area contributed by atoms with E-state index in [4.69, 9.17) is 10.2 Å². The number of rotatable bonds is 8. The van der Waals surface area contributed by atoms with E-state index in [1.807, 2.05) is 0 Å². The first-order valence-corrected chi connectivity index (χ1v) is 5.23. The van der Waals surface area contributed by atoms with Crippen molar-refractivity contribution >= 4 is 0 Å². The van der Waals surface area contributed by atoms with E-state index in [-0.39, 0.29) is 12.7 Å². The van der Waals surface area contributed by atoms with Crippen LogP contribution in [0.15, 0.2) is 0 Å². The van der Waals surface area contributed by atoms with Gasteiger partial charge in [0.25, 0.3) is 0 Å². The average molecular weight is 189 g/mol. The number of aliphatic hydroxyl groups is 2. The smallest absolute Gasteiger partial charge is 0.0524 e. The van der Waals surface area contributed by atoms with E-state index in [9.17, 15) is 0 Å². The second-order valence-electron chi connectivity index (χ2n) is 3.59. The maximum Gasteiger partial charge on any atom is 0.0524 e. The second-order valence-corrected chi connectivity index (χ2v) is 3.59. The molecule has 0 heterocycles. The highest BCUT2D eigenvalue weighted by Gasteiger charge is 2.05. The summed E-state index contributed by atoms with van der Waals surface area (Å²) in [5.74, 6) is 0. The van der Waals surface area contributed by atoms with E-state index in [1.165, 1.54) is 0 Å². The van der Waals surface area contributed by atoms with Gasteiger partial charge in [-0.1, -0.05) is 13.3 Å². The fourth-order valence-electron chi connectivity index (χ4n) is 1.35. The molecule has 0 aliphatic rings. The van der Waals surface area contributed by atoms with Crippen LogP contribution in [-0.2, 0) is 0 Å². The van der Waals surface area contributed by atoms with Crippen LogP contribution in [0.1, 0.15) is 39.5 Å². The molecule has 0 aromatic heterocycles. The Morgan fingerprint density at radius 1 is 1.23 bits per heavy atom. The zero-order valence-electron chi connectivity index (χ0n) is 8.79. The lowest BCUT2D eigenvalue weighted by Crippen LogP contribution is -2.32. The molecule has 0 aliphatic carbocycles. The Balaban J connectivity index is 3.44. The normalized spacial score (nSPS) is 15.7. The van der Waals surface area contributed by atoms with Gasteiger partial charge in [-0.3, -0.25) is 0 Å². The van der Waals surface area contributed by atoms with Gasteiger partial charge in [0.2, 0.25) is 0 Å². The van der Waals surface area contributed by atoms with Gasteiger partial charge in [-0.25, -0.2) is 0 Å². The van der Waals surface area contributed by atoms with Crippen LogP contribution in [0.3, 0.4) is 0 Å². The van der Waals surface area contributed by atoms with Crippen LogP contribution in [0.2, 0.25) is 0 Å². The van der Waals surface area contributed by atoms with Gasteiger partial charge in [-0.15, -0.1) is 0 Å². The van der Waals surface area contributed by atoms with Crippen LogP contribution in [-0.4, -0.2) is 35.5 Å². The molecule has 0 bridgehead atoms. The first kappa shape index (κ1) is 12.9. The van der Waals surface area contributed by atoms with Crippen molar-refractivity contribution in [2.24, 2.45) is 0 Å². The molecular formula is C10H23NO2. The highest BCUT2D eigenvalue weighted by atomic mass is 16.3. The zero-order chi connectivity index (χ0) is 10.1. The lowest BCUT2D eigenvalue weighted by atomic mass is 10.1. The molecule has 2 atom stereocenters. The van der Waals surface area contributed by atoms with Gasteiger partial charge < -0.3 is 15.5 Å². The summed E-state index contributed by atoms with van der Waals surface area (Å²) in [5.41, 5.74) is 0. The van der Waals surface area contributed by atoms with Crippen molar-refractivity contribution < 1.29 is 10.2 Å². The Kier molecular flexibility index (Phi) is 8.40. The van der Waals surface area contributed by atoms with E-state index in [0.717, 1.165) is 32.2 Å². The van der Waals surface area contributed by atoms with Crippen LogP contribution in [0.5, 0.6) is 0 Å². The highest BCUT2D eigenvalue weighted by Crippen LogP contribution is 2.01. The van der Waals surface area contributed by atoms with Crippen LogP contribution < -0.4 is 5.32 Å². The van der Waals surface area contributed by atoms with E-state index in [0.29, 0.717) is 6.04 Å². The van der Waals surface area contributed by atoms with Crippen molar-refractivity contribution in [3.63, 3.8) is 0 Å². The van der Waals surface area contributed by atoms with E-state index < -0.39 is 0 Å². The van der Waals surface area contributed by atoms with Crippen molar-refractivity contribution in [3.05, 3.63) is 0 Å². The van der Waals surface area contributed by atoms with E-state index >= 15 is 0 Å². The maximum absolute atomic E-state index is 9.04. The predicted octanol–water partition coefficient (Wildman–Crippen LogP) is 0.898. The van der Waals surface area contributed by atoms with Gasteiger partial charge in [0.05, 0.1) is 6.10 Å². The highest BCUT2D eigenvalue weighted by molar-refractivity contribution is 4.66. The maximum atomic E-state index is 9.04. The summed E-state index contributed by atoms with van der Waals surface area (Å²) in [7, 11) is 0. The molecule has 0 rings (SSSR count). The largest absolute Gasteiger partial charge is 0.396 e. The summed E-state index contributed by atoms with van der Waals surface area (Å²) < 4.78 is 0. The van der Waals surface area contributed by atoms with E-state index in [2.05, 4.69) is 12.2 Å². The standard InChI is InChI=1S/C10H23NO2/c1-3-4-10(6-8-12)11-7-5-9(2)13/h9-13H,3-8H2,1-2H3. The molecule has 0 amide bonds. The quantitative estimate of drug-likeness (QED) is 0.532. The van der Waals surface area contributed by atoms with Crippen molar-refractivity contribution in [1.29, 1.82) is 0 Å². The van der Waals surface area contributed by atoms with Crippen molar-refractivity contribution in [2.75, 3.05) is 13.2 Å². The molecule has 3 heteroatoms. The van der Waals surface area contributed by atoms with Gasteiger partial charge in [0.15, 0.2) is 0 Å². The third-order valence-corrected chi connectivity index (χ3v) is 2.11. The average Bonchev–Trinajstić information content (AvgIpc) is 2.04. The molecule has 0 saturated carbocycles. The van der Waals surface area contributed by atoms with Gasteiger partial charge in [0, 0.05) is 12.6 Å². The van der Waals surface area contributed by atoms with Crippen LogP contribution in [0, 0.1) is 0 Å². The summed E-state index contributed by atoms with van der Waals surface area (Å²) >= 11 is 0. The summed E-state index contributed by atoms with van der Waals surface area (Å²) in [6, 6.07) is 0.411. The molecule has 2 unspecified atom stereocenters. The van der Waals surface area contributed by atoms with Gasteiger partial charge in [0.1, 0.15) is 0 Å². The fourth-order valence-corrected chi connectivity index (χ4v) is 1.35. The molecule has 0 saturated heterocycles. The Morgan fingerprint density at radius 3 is 2.38 bits per heavy atom. The molecular weight excluding hydrogens is 166 g/mol. The van der Waals surface area contributed by atoms with Crippen LogP contribution >= 0.6 is 0 Å². The fraction of sp³-hybridized carbons (Fsp3) is 1.00. The first-order valence-electron chi connectivity index (χ1n) is 5.23. The molecule has 0 fully saturated rings. The number of hydrogen-bond acceptors (Lipinski definition) is 3. The third kappa shape index (κ3) is 8.22. The summed E-state index contributed by atoms with van der Waals surface area (Å²) in [6.45, 7) is 5.01. The number of aliphatic hydroxyl groups excluding tert-OH is 2. The molecule has 0 aromatic rings. The van der Waals surface area contributed by atoms with E-state index in [1.54, 1.807) is 6.92 Å². The van der Waals surface area contributed by atoms with Crippen molar-refractivity contribution in [3.8, 4) is 0 Å². The minimum absolute atomic E-state index is 0.232. The van der Waals surface area contributed by atoms with Gasteiger partial charge in [-0.05, 0) is 32.7 Å². The number of hydrogen-bond donors (Lipinski definition) is 3. The summed E-state index contributed by atoms with van der Waals surface area (Å²) in [6.07, 6.45) is 3.59. The minimum atomic E-state index is -0.232. The Labute approximate surface area is 81.2 Å². The second kappa shape index (κ2) is 8.48. The molecule has 0 spiro atoms. The van der Waals surface area contributed by atoms with Crippen LogP contribution in [0.25, 0.3) is 0 Å². The topological polar surface area (TPSA) is 52.5 Å². The van der Waals surface area contributed by atoms with Crippen LogP contribution in [0.4, 0.5) is 0 Å². The molecule has 0 radical (unpaired) electrons. The van der Waals surface area contributed by atoms with Gasteiger partial charge >= 0.3 is 0 Å². The molecule has 3 N–H and O–H groups in total. The molecule has 13 heavy (non-hydrogen) atoms. The SMILES string of the molecule is CCCC(CCO)NCCC(C)O. The Bertz CT molecular complexity index is 101. The number of nitrogens with one attached hydrogen (secondary N) is 1. The Morgan fingerprint density at radius 2 is 1.92 bits per heavy atom. The third-order valence-electron chi connectivity index (χ3n) is 2.11. The lowest BCUT2D eigenvalue weighted by molar-refractivity contribution is 0.180. The minimum Gasteiger partial charge on any atom is -0.396 e. The molecule has 80 valence electrons. The monoisotopic (exact) mass is 189 g/mol. The van der Waals surface area contributed by atoms with Crippen molar-refractivity contribution in [1.82, 2.24) is 5.32 Å². The zero-order valence-corrected chi connectivity index (χ0v) is 8.79. The van der Waals surface area contributed by atoms with Gasteiger partial charge in [-0.2, -0.15) is 0 Å². The first-order chi connectivity index (χ1) is 6.20. The summed E-state index contributed by atoms with van der Waals surface area (Å²) in [5, 5.41) is 21.2. The predicted molar refractivity (Wildman–Crippen MR) is 54.7 cm³/mol. The lowest BCUT2D eigenvalue weighted by Gasteiger charge is -2.17. The molecule has 3 nitrogen and oxygen atoms in total. The Hall–Kier alpha value is -0.120.